The number of benzene rings is 1. The van der Waals surface area contributed by atoms with Crippen molar-refractivity contribution in [3.05, 3.63) is 35.4 Å². The van der Waals surface area contributed by atoms with Gasteiger partial charge in [-0.25, -0.2) is 0 Å². The van der Waals surface area contributed by atoms with Crippen molar-refractivity contribution in [1.29, 1.82) is 0 Å². The van der Waals surface area contributed by atoms with E-state index in [0.717, 1.165) is 57.6 Å². The van der Waals surface area contributed by atoms with Crippen molar-refractivity contribution < 1.29 is 4.79 Å². The van der Waals surface area contributed by atoms with Crippen molar-refractivity contribution in [3.63, 3.8) is 0 Å². The highest BCUT2D eigenvalue weighted by Crippen LogP contribution is 2.24. The van der Waals surface area contributed by atoms with Gasteiger partial charge in [0.2, 0.25) is 5.91 Å². The summed E-state index contributed by atoms with van der Waals surface area (Å²) in [4.78, 5) is 19.6. The Morgan fingerprint density at radius 2 is 1.50 bits per heavy atom. The highest BCUT2D eigenvalue weighted by Gasteiger charge is 2.26. The lowest BCUT2D eigenvalue weighted by molar-refractivity contribution is -0.134. The molecule has 0 saturated carbocycles. The Hall–Kier alpha value is -1.39. The summed E-state index contributed by atoms with van der Waals surface area (Å²) >= 11 is 0. The molecule has 156 valence electrons. The first-order valence-electron chi connectivity index (χ1n) is 11.2. The molecule has 0 aromatic heterocycles. The molecule has 1 aromatic rings. The van der Waals surface area contributed by atoms with Crippen LogP contribution in [0.2, 0.25) is 0 Å². The highest BCUT2D eigenvalue weighted by atomic mass is 16.2. The minimum atomic E-state index is 0.323. The Bertz CT molecular complexity index is 609. The van der Waals surface area contributed by atoms with Gasteiger partial charge in [-0.2, -0.15) is 0 Å². The van der Waals surface area contributed by atoms with E-state index in [9.17, 15) is 4.79 Å². The van der Waals surface area contributed by atoms with E-state index in [1.807, 2.05) is 0 Å². The molecule has 1 aromatic carbocycles. The second-order valence-electron chi connectivity index (χ2n) is 9.41. The Morgan fingerprint density at radius 1 is 0.893 bits per heavy atom. The molecule has 2 aliphatic heterocycles. The highest BCUT2D eigenvalue weighted by molar-refractivity contribution is 5.78. The number of hydrogen-bond acceptors (Lipinski definition) is 3. The number of hydrogen-bond donors (Lipinski definition) is 0. The Kier molecular flexibility index (Phi) is 7.53. The van der Waals surface area contributed by atoms with Crippen molar-refractivity contribution >= 4 is 5.91 Å². The fourth-order valence-corrected chi connectivity index (χ4v) is 4.49. The maximum Gasteiger partial charge on any atom is 0.236 e. The number of carbonyl (C=O) groups excluding carboxylic acids is 1. The molecule has 0 atom stereocenters. The molecule has 0 bridgehead atoms. The second kappa shape index (κ2) is 9.89. The average Bonchev–Trinajstić information content (AvgIpc) is 2.69. The number of likely N-dealkylation sites (tertiary alicyclic amines) is 1. The minimum absolute atomic E-state index is 0.323. The molecule has 0 radical (unpaired) electrons. The van der Waals surface area contributed by atoms with E-state index in [0.29, 0.717) is 18.4 Å². The van der Waals surface area contributed by atoms with E-state index < -0.39 is 0 Å². The summed E-state index contributed by atoms with van der Waals surface area (Å²) in [6.07, 6.45) is 2.49. The standard InChI is InChI=1S/C24H39N3O/c1-19(2)22-7-5-21(6-8-22)17-26-13-15-27(16-14-26)24(28)18-25-11-9-23(10-12-25)20(3)4/h5-8,19-20,23H,9-18H2,1-4H3. The van der Waals surface area contributed by atoms with Gasteiger partial charge in [0.1, 0.15) is 0 Å². The fourth-order valence-electron chi connectivity index (χ4n) is 4.49. The Labute approximate surface area is 171 Å². The number of carbonyl (C=O) groups is 1. The molecule has 0 unspecified atom stereocenters. The molecule has 0 N–H and O–H groups in total. The molecule has 2 heterocycles. The van der Waals surface area contributed by atoms with Gasteiger partial charge in [0, 0.05) is 32.7 Å². The largest absolute Gasteiger partial charge is 0.339 e. The van der Waals surface area contributed by atoms with E-state index in [1.165, 1.54) is 24.0 Å². The number of rotatable bonds is 6. The van der Waals surface area contributed by atoms with E-state index in [2.05, 4.69) is 66.7 Å². The smallest absolute Gasteiger partial charge is 0.236 e. The molecular formula is C24H39N3O. The Morgan fingerprint density at radius 3 is 2.04 bits per heavy atom. The van der Waals surface area contributed by atoms with Gasteiger partial charge < -0.3 is 4.90 Å². The maximum atomic E-state index is 12.7. The van der Waals surface area contributed by atoms with Crippen LogP contribution in [0.25, 0.3) is 0 Å². The number of amides is 1. The molecule has 2 aliphatic rings. The number of nitrogens with zero attached hydrogens (tertiary/aromatic N) is 3. The quantitative estimate of drug-likeness (QED) is 0.745. The lowest BCUT2D eigenvalue weighted by Gasteiger charge is -2.37. The van der Waals surface area contributed by atoms with Gasteiger partial charge in [-0.15, -0.1) is 0 Å². The van der Waals surface area contributed by atoms with Crippen molar-refractivity contribution in [1.82, 2.24) is 14.7 Å². The van der Waals surface area contributed by atoms with E-state index in [4.69, 9.17) is 0 Å². The SMILES string of the molecule is CC(C)c1ccc(CN2CCN(C(=O)CN3CCC(C(C)C)CC3)CC2)cc1. The molecule has 3 rings (SSSR count). The summed E-state index contributed by atoms with van der Waals surface area (Å²) in [6.45, 7) is 16.6. The zero-order valence-electron chi connectivity index (χ0n) is 18.4. The molecule has 4 heteroatoms. The van der Waals surface area contributed by atoms with Crippen LogP contribution in [0.15, 0.2) is 24.3 Å². The zero-order chi connectivity index (χ0) is 20.1. The summed E-state index contributed by atoms with van der Waals surface area (Å²) < 4.78 is 0. The maximum absolute atomic E-state index is 12.7. The third-order valence-corrected chi connectivity index (χ3v) is 6.71. The van der Waals surface area contributed by atoms with E-state index in [1.54, 1.807) is 0 Å². The van der Waals surface area contributed by atoms with Crippen LogP contribution in [-0.2, 0) is 11.3 Å². The van der Waals surface area contributed by atoms with Crippen LogP contribution in [0.3, 0.4) is 0 Å². The molecule has 2 fully saturated rings. The molecular weight excluding hydrogens is 346 g/mol. The zero-order valence-corrected chi connectivity index (χ0v) is 18.4. The summed E-state index contributed by atoms with van der Waals surface area (Å²) in [5.74, 6) is 2.51. The van der Waals surface area contributed by atoms with Gasteiger partial charge in [-0.3, -0.25) is 14.6 Å². The summed E-state index contributed by atoms with van der Waals surface area (Å²) in [7, 11) is 0. The van der Waals surface area contributed by atoms with Gasteiger partial charge in [0.15, 0.2) is 0 Å². The molecule has 0 spiro atoms. The first-order valence-corrected chi connectivity index (χ1v) is 11.2. The molecule has 2 saturated heterocycles. The van der Waals surface area contributed by atoms with Crippen molar-refractivity contribution in [2.75, 3.05) is 45.8 Å². The van der Waals surface area contributed by atoms with Crippen LogP contribution in [0, 0.1) is 11.8 Å². The van der Waals surface area contributed by atoms with E-state index in [-0.39, 0.29) is 0 Å². The minimum Gasteiger partial charge on any atom is -0.339 e. The van der Waals surface area contributed by atoms with Crippen LogP contribution in [0.4, 0.5) is 0 Å². The third kappa shape index (κ3) is 5.81. The van der Waals surface area contributed by atoms with Crippen LogP contribution < -0.4 is 0 Å². The van der Waals surface area contributed by atoms with E-state index >= 15 is 0 Å². The average molecular weight is 386 g/mol. The normalized spacial score (nSPS) is 20.3. The monoisotopic (exact) mass is 385 g/mol. The second-order valence-corrected chi connectivity index (χ2v) is 9.41. The van der Waals surface area contributed by atoms with Gasteiger partial charge in [0.25, 0.3) is 0 Å². The van der Waals surface area contributed by atoms with Crippen LogP contribution >= 0.6 is 0 Å². The molecule has 0 aliphatic carbocycles. The van der Waals surface area contributed by atoms with Crippen molar-refractivity contribution in [2.24, 2.45) is 11.8 Å². The van der Waals surface area contributed by atoms with Crippen LogP contribution in [-0.4, -0.2) is 66.4 Å². The molecule has 1 amide bonds. The van der Waals surface area contributed by atoms with Gasteiger partial charge in [-0.1, -0.05) is 52.0 Å². The lowest BCUT2D eigenvalue weighted by Crippen LogP contribution is -2.51. The summed E-state index contributed by atoms with van der Waals surface area (Å²) in [6, 6.07) is 9.02. The predicted molar refractivity (Wildman–Crippen MR) is 116 cm³/mol. The third-order valence-electron chi connectivity index (χ3n) is 6.71. The fraction of sp³-hybridized carbons (Fsp3) is 0.708. The van der Waals surface area contributed by atoms with Crippen LogP contribution in [0.5, 0.6) is 0 Å². The molecule has 28 heavy (non-hydrogen) atoms. The Balaban J connectivity index is 1.39. The topological polar surface area (TPSA) is 26.8 Å². The number of piperazine rings is 1. The summed E-state index contributed by atoms with van der Waals surface area (Å²) in [5.41, 5.74) is 2.77. The van der Waals surface area contributed by atoms with Crippen molar-refractivity contribution in [2.45, 2.75) is 53.0 Å². The predicted octanol–water partition coefficient (Wildman–Crippen LogP) is 3.82. The van der Waals surface area contributed by atoms with Gasteiger partial charge >= 0.3 is 0 Å². The van der Waals surface area contributed by atoms with Gasteiger partial charge in [-0.05, 0) is 54.8 Å². The first-order chi connectivity index (χ1) is 13.4. The number of piperidine rings is 1. The van der Waals surface area contributed by atoms with Crippen molar-refractivity contribution in [3.8, 4) is 0 Å². The molecule has 4 nitrogen and oxygen atoms in total. The lowest BCUT2D eigenvalue weighted by atomic mass is 9.87. The first kappa shape index (κ1) is 21.3. The van der Waals surface area contributed by atoms with Gasteiger partial charge in [0.05, 0.1) is 6.54 Å². The van der Waals surface area contributed by atoms with Crippen LogP contribution in [0.1, 0.15) is 57.6 Å². The summed E-state index contributed by atoms with van der Waals surface area (Å²) in [5, 5.41) is 0.